The molecule has 2 aromatic carbocycles. The molecule has 1 aromatic heterocycles. The van der Waals surface area contributed by atoms with Crippen molar-refractivity contribution in [3.63, 3.8) is 0 Å². The highest BCUT2D eigenvalue weighted by Gasteiger charge is 2.35. The number of methoxy groups -OCH3 is 1. The normalized spacial score (nSPS) is 17.2. The maximum Gasteiger partial charge on any atom is 0.268 e. The van der Waals surface area contributed by atoms with Crippen LogP contribution in [-0.2, 0) is 16.0 Å². The third kappa shape index (κ3) is 4.09. The molecular formula is C25H23N3O4S. The first-order valence-corrected chi connectivity index (χ1v) is 11.6. The van der Waals surface area contributed by atoms with Crippen LogP contribution in [0.15, 0.2) is 60.0 Å². The van der Waals surface area contributed by atoms with Crippen LogP contribution in [0.3, 0.4) is 0 Å². The maximum atomic E-state index is 13.0. The number of amides is 3. The van der Waals surface area contributed by atoms with Crippen LogP contribution in [-0.4, -0.2) is 37.9 Å². The van der Waals surface area contributed by atoms with E-state index in [9.17, 15) is 14.4 Å². The van der Waals surface area contributed by atoms with E-state index in [-0.39, 0.29) is 24.1 Å². The maximum absolute atomic E-state index is 13.0. The van der Waals surface area contributed by atoms with Gasteiger partial charge in [-0.05, 0) is 47.7 Å². The van der Waals surface area contributed by atoms with E-state index in [1.165, 1.54) is 11.3 Å². The number of anilines is 3. The first kappa shape index (κ1) is 21.2. The zero-order valence-corrected chi connectivity index (χ0v) is 18.9. The largest absolute Gasteiger partial charge is 0.497 e. The van der Waals surface area contributed by atoms with Crippen molar-refractivity contribution < 1.29 is 19.1 Å². The Kier molecular flexibility index (Phi) is 5.60. The number of nitrogens with one attached hydrogen (secondary N) is 1. The fourth-order valence-electron chi connectivity index (χ4n) is 4.36. The summed E-state index contributed by atoms with van der Waals surface area (Å²) in [7, 11) is 1.58. The Morgan fingerprint density at radius 3 is 2.79 bits per heavy atom. The lowest BCUT2D eigenvalue weighted by molar-refractivity contribution is -0.122. The molecule has 33 heavy (non-hydrogen) atoms. The van der Waals surface area contributed by atoms with Crippen LogP contribution < -0.4 is 19.9 Å². The zero-order valence-electron chi connectivity index (χ0n) is 18.1. The number of hydrogen-bond donors (Lipinski definition) is 1. The van der Waals surface area contributed by atoms with Crippen LogP contribution in [0.2, 0.25) is 0 Å². The molecule has 168 valence electrons. The van der Waals surface area contributed by atoms with Gasteiger partial charge in [-0.2, -0.15) is 0 Å². The second-order valence-electron chi connectivity index (χ2n) is 8.12. The number of carbonyl (C=O) groups is 3. The Labute approximate surface area is 195 Å². The summed E-state index contributed by atoms with van der Waals surface area (Å²) in [6.07, 6.45) is 0.935. The Hall–Kier alpha value is -3.65. The highest BCUT2D eigenvalue weighted by atomic mass is 32.1. The zero-order chi connectivity index (χ0) is 22.9. The third-order valence-electron chi connectivity index (χ3n) is 6.09. The Bertz CT molecular complexity index is 1220. The smallest absolute Gasteiger partial charge is 0.268 e. The first-order chi connectivity index (χ1) is 16.0. The molecule has 0 bridgehead atoms. The number of carbonyl (C=O) groups excluding carboxylic acids is 3. The Balaban J connectivity index is 1.29. The van der Waals surface area contributed by atoms with E-state index in [4.69, 9.17) is 4.74 Å². The van der Waals surface area contributed by atoms with Crippen molar-refractivity contribution in [3.05, 3.63) is 70.4 Å². The number of hydrogen-bond acceptors (Lipinski definition) is 5. The standard InChI is InChI=1S/C25H23N3O4S/c1-32-20-5-2-4-19(14-20)28-15-17(12-23(28)29)24(30)26-18-8-7-16-9-10-27(21(16)13-18)25(31)22-6-3-11-33-22/h2-8,11,13-14,17H,9-10,12,15H2,1H3,(H,26,30)/t17-/m0/s1. The van der Waals surface area contributed by atoms with Gasteiger partial charge >= 0.3 is 0 Å². The van der Waals surface area contributed by atoms with Gasteiger partial charge in [-0.1, -0.05) is 18.2 Å². The molecule has 0 radical (unpaired) electrons. The molecule has 1 fully saturated rings. The molecular weight excluding hydrogens is 438 g/mol. The number of thiophene rings is 1. The molecule has 0 saturated carbocycles. The van der Waals surface area contributed by atoms with Gasteiger partial charge in [-0.3, -0.25) is 14.4 Å². The molecule has 1 saturated heterocycles. The lowest BCUT2D eigenvalue weighted by atomic mass is 10.1. The number of benzene rings is 2. The van der Waals surface area contributed by atoms with Crippen molar-refractivity contribution in [3.8, 4) is 5.75 Å². The van der Waals surface area contributed by atoms with Gasteiger partial charge in [0.1, 0.15) is 5.75 Å². The molecule has 0 aliphatic carbocycles. The number of ether oxygens (including phenoxy) is 1. The minimum atomic E-state index is -0.458. The molecule has 1 atom stereocenters. The first-order valence-electron chi connectivity index (χ1n) is 10.8. The molecule has 3 amide bonds. The molecule has 0 spiro atoms. The predicted octanol–water partition coefficient (Wildman–Crippen LogP) is 3.95. The fourth-order valence-corrected chi connectivity index (χ4v) is 5.03. The topological polar surface area (TPSA) is 79.0 Å². The van der Waals surface area contributed by atoms with E-state index in [1.807, 2.05) is 53.9 Å². The highest BCUT2D eigenvalue weighted by Crippen LogP contribution is 2.33. The van der Waals surface area contributed by atoms with Crippen LogP contribution in [0, 0.1) is 5.92 Å². The molecule has 8 heteroatoms. The van der Waals surface area contributed by atoms with Crippen LogP contribution in [0.5, 0.6) is 5.75 Å². The molecule has 3 aromatic rings. The van der Waals surface area contributed by atoms with Crippen molar-refractivity contribution in [1.82, 2.24) is 0 Å². The van der Waals surface area contributed by atoms with E-state index in [2.05, 4.69) is 5.32 Å². The van der Waals surface area contributed by atoms with E-state index >= 15 is 0 Å². The number of rotatable bonds is 5. The van der Waals surface area contributed by atoms with E-state index in [1.54, 1.807) is 23.0 Å². The van der Waals surface area contributed by atoms with Gasteiger partial charge in [0.05, 0.1) is 17.9 Å². The fraction of sp³-hybridized carbons (Fsp3) is 0.240. The highest BCUT2D eigenvalue weighted by molar-refractivity contribution is 7.12. The lowest BCUT2D eigenvalue weighted by Crippen LogP contribution is -2.29. The van der Waals surface area contributed by atoms with Gasteiger partial charge in [0, 0.05) is 42.6 Å². The van der Waals surface area contributed by atoms with E-state index in [0.717, 1.165) is 23.4 Å². The van der Waals surface area contributed by atoms with Crippen LogP contribution in [0.4, 0.5) is 17.1 Å². The average Bonchev–Trinajstić information content (AvgIpc) is 3.58. The van der Waals surface area contributed by atoms with E-state index < -0.39 is 5.92 Å². The van der Waals surface area contributed by atoms with Crippen LogP contribution in [0.25, 0.3) is 0 Å². The summed E-state index contributed by atoms with van der Waals surface area (Å²) in [5.74, 6) is -0.121. The van der Waals surface area contributed by atoms with Gasteiger partial charge in [0.25, 0.3) is 5.91 Å². The molecule has 1 N–H and O–H groups in total. The molecule has 2 aliphatic rings. The Morgan fingerprint density at radius 2 is 2.00 bits per heavy atom. The summed E-state index contributed by atoms with van der Waals surface area (Å²) in [5.41, 5.74) is 3.25. The summed E-state index contributed by atoms with van der Waals surface area (Å²) in [6.45, 7) is 0.932. The second-order valence-corrected chi connectivity index (χ2v) is 9.07. The van der Waals surface area contributed by atoms with Crippen molar-refractivity contribution in [1.29, 1.82) is 0 Å². The van der Waals surface area contributed by atoms with E-state index in [0.29, 0.717) is 29.4 Å². The molecule has 5 rings (SSSR count). The third-order valence-corrected chi connectivity index (χ3v) is 6.94. The predicted molar refractivity (Wildman–Crippen MR) is 128 cm³/mol. The van der Waals surface area contributed by atoms with Gasteiger partial charge in [-0.15, -0.1) is 11.3 Å². The minimum Gasteiger partial charge on any atom is -0.497 e. The van der Waals surface area contributed by atoms with Crippen molar-refractivity contribution >= 4 is 46.1 Å². The summed E-state index contributed by atoms with van der Waals surface area (Å²) in [4.78, 5) is 42.5. The van der Waals surface area contributed by atoms with Crippen molar-refractivity contribution in [2.75, 3.05) is 35.3 Å². The lowest BCUT2D eigenvalue weighted by Gasteiger charge is -2.18. The van der Waals surface area contributed by atoms with Gasteiger partial charge < -0.3 is 19.9 Å². The Morgan fingerprint density at radius 1 is 1.12 bits per heavy atom. The van der Waals surface area contributed by atoms with Gasteiger partial charge in [0.2, 0.25) is 11.8 Å². The molecule has 0 unspecified atom stereocenters. The summed E-state index contributed by atoms with van der Waals surface area (Å²) in [5, 5.41) is 4.83. The molecule has 3 heterocycles. The monoisotopic (exact) mass is 461 g/mol. The minimum absolute atomic E-state index is 0.0254. The summed E-state index contributed by atoms with van der Waals surface area (Å²) >= 11 is 1.42. The molecule has 7 nitrogen and oxygen atoms in total. The number of fused-ring (bicyclic) bond motifs is 1. The van der Waals surface area contributed by atoms with Gasteiger partial charge in [-0.25, -0.2) is 0 Å². The quantitative estimate of drug-likeness (QED) is 0.624. The van der Waals surface area contributed by atoms with Crippen molar-refractivity contribution in [2.24, 2.45) is 5.92 Å². The number of nitrogens with zero attached hydrogens (tertiary/aromatic N) is 2. The molecule has 2 aliphatic heterocycles. The summed E-state index contributed by atoms with van der Waals surface area (Å²) < 4.78 is 5.24. The van der Waals surface area contributed by atoms with Crippen molar-refractivity contribution in [2.45, 2.75) is 12.8 Å². The van der Waals surface area contributed by atoms with Crippen LogP contribution >= 0.6 is 11.3 Å². The van der Waals surface area contributed by atoms with Crippen LogP contribution in [0.1, 0.15) is 21.7 Å². The average molecular weight is 462 g/mol. The SMILES string of the molecule is COc1cccc(N2C[C@@H](C(=O)Nc3ccc4c(c3)N(C(=O)c3cccs3)CC4)CC2=O)c1. The summed E-state index contributed by atoms with van der Waals surface area (Å²) in [6, 6.07) is 16.6. The van der Waals surface area contributed by atoms with Gasteiger partial charge in [0.15, 0.2) is 0 Å². The second kappa shape index (κ2) is 8.71.